The molecule has 0 aliphatic heterocycles. The number of nitrogens with one attached hydrogen (secondary N) is 1. The average molecular weight is 614 g/mol. The topological polar surface area (TPSA) is 105 Å². The zero-order valence-electron chi connectivity index (χ0n) is 25.5. The normalized spacial score (nSPS) is 11.9. The molecule has 0 aromatic heterocycles. The number of nitrogens with zero attached hydrogens (tertiary/aromatic N) is 2. The number of ether oxygens (including phenoxy) is 2. The van der Waals surface area contributed by atoms with Gasteiger partial charge in [-0.25, -0.2) is 12.8 Å². The third-order valence-electron chi connectivity index (χ3n) is 7.01. The number of carbonyl (C=O) groups excluding carboxylic acids is 2. The van der Waals surface area contributed by atoms with Crippen molar-refractivity contribution in [3.8, 4) is 11.5 Å². The first kappa shape index (κ1) is 33.4. The maximum absolute atomic E-state index is 14.7. The van der Waals surface area contributed by atoms with Gasteiger partial charge in [0.1, 0.15) is 18.4 Å². The van der Waals surface area contributed by atoms with E-state index in [0.717, 1.165) is 28.3 Å². The number of carbonyl (C=O) groups is 2. The molecule has 0 aliphatic carbocycles. The van der Waals surface area contributed by atoms with E-state index >= 15 is 0 Å². The maximum Gasteiger partial charge on any atom is 0.264 e. The molecule has 1 atom stereocenters. The summed E-state index contributed by atoms with van der Waals surface area (Å²) in [5.41, 5.74) is 2.06. The van der Waals surface area contributed by atoms with E-state index < -0.39 is 40.2 Å². The van der Waals surface area contributed by atoms with Crippen LogP contribution in [0.4, 0.5) is 10.1 Å². The molecule has 1 unspecified atom stereocenters. The standard InChI is InChI=1S/C32H40FN3O6S/c1-7-8-15-34-32(38)24(4)35(20-25-11-9-10-12-28(25)33)31(37)21-36(26-17-22(2)16-23(3)18-26)43(39,40)27-13-14-29(41-5)30(19-27)42-6/h9-14,16-19,24H,7-8,15,20-21H2,1-6H3,(H,34,38). The molecule has 11 heteroatoms. The number of halogens is 1. The van der Waals surface area contributed by atoms with Crippen molar-refractivity contribution < 1.29 is 31.9 Å². The summed E-state index contributed by atoms with van der Waals surface area (Å²) in [5, 5.41) is 2.81. The summed E-state index contributed by atoms with van der Waals surface area (Å²) in [6, 6.07) is 14.4. The minimum Gasteiger partial charge on any atom is -0.493 e. The summed E-state index contributed by atoms with van der Waals surface area (Å²) in [6.07, 6.45) is 1.62. The van der Waals surface area contributed by atoms with Crippen molar-refractivity contribution in [2.45, 2.75) is 58.0 Å². The van der Waals surface area contributed by atoms with Gasteiger partial charge < -0.3 is 19.7 Å². The molecule has 0 saturated heterocycles. The molecule has 43 heavy (non-hydrogen) atoms. The number of hydrogen-bond acceptors (Lipinski definition) is 6. The molecule has 1 N–H and O–H groups in total. The number of methoxy groups -OCH3 is 2. The predicted octanol–water partition coefficient (Wildman–Crippen LogP) is 4.99. The Kier molecular flexibility index (Phi) is 11.5. The van der Waals surface area contributed by atoms with E-state index in [2.05, 4.69) is 5.32 Å². The van der Waals surface area contributed by atoms with E-state index in [0.29, 0.717) is 12.3 Å². The van der Waals surface area contributed by atoms with Crippen LogP contribution >= 0.6 is 0 Å². The Balaban J connectivity index is 2.09. The highest BCUT2D eigenvalue weighted by Gasteiger charge is 2.33. The van der Waals surface area contributed by atoms with Crippen LogP contribution in [-0.4, -0.2) is 58.5 Å². The third-order valence-corrected chi connectivity index (χ3v) is 8.78. The molecule has 0 radical (unpaired) electrons. The molecule has 0 heterocycles. The fourth-order valence-electron chi connectivity index (χ4n) is 4.66. The molecule has 0 spiro atoms. The molecule has 3 aromatic rings. The van der Waals surface area contributed by atoms with Gasteiger partial charge in [-0.1, -0.05) is 37.6 Å². The van der Waals surface area contributed by atoms with Crippen LogP contribution in [0.2, 0.25) is 0 Å². The zero-order valence-corrected chi connectivity index (χ0v) is 26.3. The Morgan fingerprint density at radius 3 is 2.21 bits per heavy atom. The van der Waals surface area contributed by atoms with Crippen LogP contribution in [0, 0.1) is 19.7 Å². The quantitative estimate of drug-likeness (QED) is 0.257. The van der Waals surface area contributed by atoms with Crippen molar-refractivity contribution in [2.75, 3.05) is 31.6 Å². The number of sulfonamides is 1. The van der Waals surface area contributed by atoms with Gasteiger partial charge in [0.2, 0.25) is 11.8 Å². The summed E-state index contributed by atoms with van der Waals surface area (Å²) in [7, 11) is -1.51. The minimum absolute atomic E-state index is 0.122. The SMILES string of the molecule is CCCCNC(=O)C(C)N(Cc1ccccc1F)C(=O)CN(c1cc(C)cc(C)c1)S(=O)(=O)c1ccc(OC)c(OC)c1. The van der Waals surface area contributed by atoms with Gasteiger partial charge in [-0.3, -0.25) is 13.9 Å². The lowest BCUT2D eigenvalue weighted by Crippen LogP contribution is -2.51. The van der Waals surface area contributed by atoms with Crippen LogP contribution < -0.4 is 19.1 Å². The number of unbranched alkanes of at least 4 members (excludes halogenated alkanes) is 1. The van der Waals surface area contributed by atoms with E-state index in [1.807, 2.05) is 26.8 Å². The lowest BCUT2D eigenvalue weighted by Gasteiger charge is -2.32. The van der Waals surface area contributed by atoms with Gasteiger partial charge in [0.25, 0.3) is 10.0 Å². The summed E-state index contributed by atoms with van der Waals surface area (Å²) in [6.45, 7) is 6.74. The molecule has 3 aromatic carbocycles. The Morgan fingerprint density at radius 2 is 1.60 bits per heavy atom. The van der Waals surface area contributed by atoms with Crippen molar-refractivity contribution in [1.82, 2.24) is 10.2 Å². The van der Waals surface area contributed by atoms with Gasteiger partial charge in [0.05, 0.1) is 24.8 Å². The van der Waals surface area contributed by atoms with Crippen LogP contribution in [0.15, 0.2) is 65.6 Å². The Labute approximate surface area is 253 Å². The van der Waals surface area contributed by atoms with E-state index in [9.17, 15) is 22.4 Å². The van der Waals surface area contributed by atoms with Gasteiger partial charge in [0, 0.05) is 24.7 Å². The highest BCUT2D eigenvalue weighted by Crippen LogP contribution is 2.33. The highest BCUT2D eigenvalue weighted by molar-refractivity contribution is 7.92. The van der Waals surface area contributed by atoms with Crippen LogP contribution in [0.5, 0.6) is 11.5 Å². The number of amides is 2. The van der Waals surface area contributed by atoms with E-state index in [-0.39, 0.29) is 28.4 Å². The number of rotatable bonds is 14. The molecule has 2 amide bonds. The second-order valence-electron chi connectivity index (χ2n) is 10.3. The molecule has 0 saturated carbocycles. The van der Waals surface area contributed by atoms with E-state index in [1.54, 1.807) is 25.1 Å². The molecular formula is C32H40FN3O6S. The molecule has 9 nitrogen and oxygen atoms in total. The van der Waals surface area contributed by atoms with Gasteiger partial charge in [-0.05, 0) is 68.7 Å². The molecule has 232 valence electrons. The lowest BCUT2D eigenvalue weighted by atomic mass is 10.1. The number of benzene rings is 3. The maximum atomic E-state index is 14.7. The fraction of sp³-hybridized carbons (Fsp3) is 0.375. The summed E-state index contributed by atoms with van der Waals surface area (Å²) in [5.74, 6) is -1.09. The van der Waals surface area contributed by atoms with Crippen molar-refractivity contribution in [3.63, 3.8) is 0 Å². The average Bonchev–Trinajstić information content (AvgIpc) is 2.98. The molecular weight excluding hydrogens is 573 g/mol. The van der Waals surface area contributed by atoms with Crippen molar-refractivity contribution in [3.05, 3.63) is 83.2 Å². The number of anilines is 1. The van der Waals surface area contributed by atoms with Crippen molar-refractivity contribution in [1.29, 1.82) is 0 Å². The number of aryl methyl sites for hydroxylation is 2. The Bertz CT molecular complexity index is 1530. The van der Waals surface area contributed by atoms with Gasteiger partial charge in [-0.15, -0.1) is 0 Å². The van der Waals surface area contributed by atoms with Crippen molar-refractivity contribution in [2.24, 2.45) is 0 Å². The number of hydrogen-bond donors (Lipinski definition) is 1. The first-order chi connectivity index (χ1) is 20.4. The first-order valence-corrected chi connectivity index (χ1v) is 15.5. The Morgan fingerprint density at radius 1 is 0.953 bits per heavy atom. The predicted molar refractivity (Wildman–Crippen MR) is 164 cm³/mol. The van der Waals surface area contributed by atoms with E-state index in [1.165, 1.54) is 55.5 Å². The monoisotopic (exact) mass is 613 g/mol. The largest absolute Gasteiger partial charge is 0.493 e. The van der Waals surface area contributed by atoms with E-state index in [4.69, 9.17) is 9.47 Å². The van der Waals surface area contributed by atoms with Gasteiger partial charge >= 0.3 is 0 Å². The van der Waals surface area contributed by atoms with Crippen molar-refractivity contribution >= 4 is 27.5 Å². The second-order valence-corrected chi connectivity index (χ2v) is 12.2. The van der Waals surface area contributed by atoms with Crippen LogP contribution in [0.1, 0.15) is 43.4 Å². The summed E-state index contributed by atoms with van der Waals surface area (Å²) < 4.78 is 54.7. The Hall–Kier alpha value is -4.12. The second kappa shape index (κ2) is 14.9. The molecule has 0 fully saturated rings. The van der Waals surface area contributed by atoms with Crippen LogP contribution in [0.25, 0.3) is 0 Å². The van der Waals surface area contributed by atoms with Gasteiger partial charge in [0.15, 0.2) is 11.5 Å². The van der Waals surface area contributed by atoms with Crippen LogP contribution in [0.3, 0.4) is 0 Å². The summed E-state index contributed by atoms with van der Waals surface area (Å²) in [4.78, 5) is 28.2. The zero-order chi connectivity index (χ0) is 31.7. The fourth-order valence-corrected chi connectivity index (χ4v) is 6.07. The van der Waals surface area contributed by atoms with Crippen LogP contribution in [-0.2, 0) is 26.2 Å². The molecule has 0 aliphatic rings. The third kappa shape index (κ3) is 8.25. The van der Waals surface area contributed by atoms with Gasteiger partial charge in [-0.2, -0.15) is 0 Å². The minimum atomic E-state index is -4.34. The smallest absolute Gasteiger partial charge is 0.264 e. The lowest BCUT2D eigenvalue weighted by molar-refractivity contribution is -0.139. The summed E-state index contributed by atoms with van der Waals surface area (Å²) >= 11 is 0. The molecule has 3 rings (SSSR count). The first-order valence-electron chi connectivity index (χ1n) is 14.1. The molecule has 0 bridgehead atoms. The highest BCUT2D eigenvalue weighted by atomic mass is 32.2.